The molecule has 2 aliphatic rings. The fraction of sp³-hybridized carbons (Fsp3) is 0.667. The Bertz CT molecular complexity index is 718. The van der Waals surface area contributed by atoms with E-state index < -0.39 is 23.7 Å². The number of nitrogens with zero attached hydrogens (tertiary/aromatic N) is 2. The highest BCUT2D eigenvalue weighted by Gasteiger charge is 2.35. The van der Waals surface area contributed by atoms with Crippen molar-refractivity contribution < 1.29 is 22.7 Å². The van der Waals surface area contributed by atoms with Crippen molar-refractivity contribution in [3.8, 4) is 0 Å². The van der Waals surface area contributed by atoms with Gasteiger partial charge in [-0.15, -0.1) is 0 Å². The minimum absolute atomic E-state index is 0.0208. The molecule has 1 aromatic carbocycles. The van der Waals surface area contributed by atoms with Gasteiger partial charge >= 0.3 is 6.18 Å². The van der Waals surface area contributed by atoms with Crippen LogP contribution < -0.4 is 5.32 Å². The molecule has 0 aliphatic carbocycles. The van der Waals surface area contributed by atoms with Crippen molar-refractivity contribution in [3.63, 3.8) is 0 Å². The second kappa shape index (κ2) is 10.3. The van der Waals surface area contributed by atoms with E-state index >= 15 is 0 Å². The summed E-state index contributed by atoms with van der Waals surface area (Å²) in [5.41, 5.74) is -1.19. The lowest BCUT2D eigenvalue weighted by Crippen LogP contribution is -2.46. The molecule has 1 unspecified atom stereocenters. The Labute approximate surface area is 180 Å². The molecule has 9 heteroatoms. The van der Waals surface area contributed by atoms with E-state index in [-0.39, 0.29) is 10.7 Å². The maximum absolute atomic E-state index is 13.3. The lowest BCUT2D eigenvalue weighted by Gasteiger charge is -2.36. The van der Waals surface area contributed by atoms with Crippen molar-refractivity contribution >= 4 is 23.2 Å². The number of carbonyl (C=O) groups excluding carboxylic acids is 1. The van der Waals surface area contributed by atoms with E-state index in [1.54, 1.807) is 6.92 Å². The summed E-state index contributed by atoms with van der Waals surface area (Å²) < 4.78 is 45.1. The monoisotopic (exact) mass is 447 g/mol. The summed E-state index contributed by atoms with van der Waals surface area (Å²) in [6.45, 7) is 7.93. The maximum Gasteiger partial charge on any atom is 0.418 e. The fourth-order valence-corrected chi connectivity index (χ4v) is 4.25. The van der Waals surface area contributed by atoms with Crippen LogP contribution in [0.25, 0.3) is 0 Å². The first-order valence-electron chi connectivity index (χ1n) is 10.5. The van der Waals surface area contributed by atoms with Crippen LogP contribution in [0.4, 0.5) is 18.9 Å². The number of nitrogens with one attached hydrogen (secondary N) is 1. The van der Waals surface area contributed by atoms with Gasteiger partial charge in [-0.3, -0.25) is 14.6 Å². The van der Waals surface area contributed by atoms with Gasteiger partial charge in [0.15, 0.2) is 0 Å². The number of carbonyl (C=O) groups is 1. The second-order valence-electron chi connectivity index (χ2n) is 8.07. The molecule has 0 spiro atoms. The molecule has 1 amide bonds. The molecule has 2 aliphatic heterocycles. The molecule has 2 fully saturated rings. The smallest absolute Gasteiger partial charge is 0.379 e. The van der Waals surface area contributed by atoms with E-state index in [2.05, 4.69) is 10.2 Å². The summed E-state index contributed by atoms with van der Waals surface area (Å²) >= 11 is 5.70. The van der Waals surface area contributed by atoms with E-state index in [0.29, 0.717) is 5.92 Å². The highest BCUT2D eigenvalue weighted by molar-refractivity contribution is 6.30. The topological polar surface area (TPSA) is 44.8 Å². The Kier molecular flexibility index (Phi) is 8.01. The molecule has 30 heavy (non-hydrogen) atoms. The van der Waals surface area contributed by atoms with Crippen molar-refractivity contribution in [1.82, 2.24) is 9.80 Å². The zero-order valence-corrected chi connectivity index (χ0v) is 17.9. The molecule has 1 N–H and O–H groups in total. The summed E-state index contributed by atoms with van der Waals surface area (Å²) in [5.74, 6) is 0.182. The summed E-state index contributed by atoms with van der Waals surface area (Å²) in [4.78, 5) is 17.1. The van der Waals surface area contributed by atoms with Gasteiger partial charge in [0, 0.05) is 18.1 Å². The minimum atomic E-state index is -4.59. The van der Waals surface area contributed by atoms with Gasteiger partial charge < -0.3 is 10.1 Å². The molecule has 3 rings (SSSR count). The molecule has 2 saturated heterocycles. The molecule has 168 valence electrons. The first-order valence-corrected chi connectivity index (χ1v) is 10.8. The molecule has 1 aromatic rings. The Hall–Kier alpha value is -1.35. The fourth-order valence-electron chi connectivity index (χ4n) is 4.08. The molecule has 0 bridgehead atoms. The van der Waals surface area contributed by atoms with Crippen LogP contribution in [0.5, 0.6) is 0 Å². The number of hydrogen-bond donors (Lipinski definition) is 1. The van der Waals surface area contributed by atoms with Crippen LogP contribution in [0.1, 0.15) is 31.7 Å². The number of likely N-dealkylation sites (tertiary alicyclic amines) is 1. The van der Waals surface area contributed by atoms with E-state index in [1.165, 1.54) is 12.1 Å². The number of halogens is 4. The predicted molar refractivity (Wildman–Crippen MR) is 111 cm³/mol. The largest absolute Gasteiger partial charge is 0.418 e. The number of rotatable bonds is 6. The van der Waals surface area contributed by atoms with E-state index in [1.807, 2.05) is 4.90 Å². The number of ether oxygens (including phenoxy) is 1. The number of piperidine rings is 1. The summed E-state index contributed by atoms with van der Waals surface area (Å²) in [6.07, 6.45) is -1.46. The van der Waals surface area contributed by atoms with Gasteiger partial charge in [-0.2, -0.15) is 13.2 Å². The number of amides is 1. The summed E-state index contributed by atoms with van der Waals surface area (Å²) in [6, 6.07) is 2.88. The van der Waals surface area contributed by atoms with Gasteiger partial charge in [-0.05, 0) is 69.9 Å². The molecule has 5 nitrogen and oxygen atoms in total. The van der Waals surface area contributed by atoms with Crippen molar-refractivity contribution in [2.24, 2.45) is 5.92 Å². The van der Waals surface area contributed by atoms with Crippen molar-refractivity contribution in [3.05, 3.63) is 28.8 Å². The number of anilines is 1. The van der Waals surface area contributed by atoms with Gasteiger partial charge in [0.2, 0.25) is 5.91 Å². The zero-order chi connectivity index (χ0) is 21.7. The lowest BCUT2D eigenvalue weighted by molar-refractivity contribution is -0.137. The van der Waals surface area contributed by atoms with Crippen molar-refractivity contribution in [2.45, 2.75) is 38.4 Å². The third-order valence-corrected chi connectivity index (χ3v) is 6.31. The Morgan fingerprint density at radius 1 is 1.23 bits per heavy atom. The highest BCUT2D eigenvalue weighted by Crippen LogP contribution is 2.36. The molecular weight excluding hydrogens is 419 g/mol. The number of hydrogen-bond acceptors (Lipinski definition) is 4. The van der Waals surface area contributed by atoms with Gasteiger partial charge in [-0.1, -0.05) is 11.6 Å². The quantitative estimate of drug-likeness (QED) is 0.712. The zero-order valence-electron chi connectivity index (χ0n) is 17.2. The maximum atomic E-state index is 13.3. The summed E-state index contributed by atoms with van der Waals surface area (Å²) in [7, 11) is 0. The highest BCUT2D eigenvalue weighted by atomic mass is 35.5. The minimum Gasteiger partial charge on any atom is -0.379 e. The Morgan fingerprint density at radius 3 is 2.53 bits per heavy atom. The lowest BCUT2D eigenvalue weighted by atomic mass is 9.92. The first-order chi connectivity index (χ1) is 14.2. The number of morpholine rings is 1. The molecular formula is C21H29ClF3N3O2. The SMILES string of the molecule is CC(C(=O)Nc1ccc(Cl)cc1C(F)(F)F)N1CCC(CCN2CCOCC2)CC1. The van der Waals surface area contributed by atoms with Gasteiger partial charge in [0.05, 0.1) is 30.5 Å². The van der Waals surface area contributed by atoms with Crippen LogP contribution in [0.15, 0.2) is 18.2 Å². The van der Waals surface area contributed by atoms with Crippen LogP contribution in [-0.4, -0.2) is 67.7 Å². The third kappa shape index (κ3) is 6.33. The standard InChI is InChI=1S/C21H29ClF3N3O2/c1-15(20(29)26-19-3-2-17(22)14-18(19)21(23,24)25)28-8-5-16(6-9-28)4-7-27-10-12-30-13-11-27/h2-3,14-16H,4-13H2,1H3,(H,26,29). The number of alkyl halides is 3. The average molecular weight is 448 g/mol. The van der Waals surface area contributed by atoms with Gasteiger partial charge in [0.25, 0.3) is 0 Å². The van der Waals surface area contributed by atoms with E-state index in [4.69, 9.17) is 16.3 Å². The average Bonchev–Trinajstić information content (AvgIpc) is 2.73. The van der Waals surface area contributed by atoms with Crippen LogP contribution in [0.2, 0.25) is 5.02 Å². The Balaban J connectivity index is 1.49. The van der Waals surface area contributed by atoms with Crippen molar-refractivity contribution in [1.29, 1.82) is 0 Å². The van der Waals surface area contributed by atoms with Gasteiger partial charge in [0.1, 0.15) is 0 Å². The predicted octanol–water partition coefficient (Wildman–Crippen LogP) is 4.12. The van der Waals surface area contributed by atoms with Crippen LogP contribution in [0, 0.1) is 5.92 Å². The molecule has 0 radical (unpaired) electrons. The third-order valence-electron chi connectivity index (χ3n) is 6.08. The normalized spacial score (nSPS) is 20.8. The molecule has 2 heterocycles. The van der Waals surface area contributed by atoms with E-state index in [9.17, 15) is 18.0 Å². The number of benzene rings is 1. The molecule has 0 aromatic heterocycles. The second-order valence-corrected chi connectivity index (χ2v) is 8.51. The van der Waals surface area contributed by atoms with Crippen LogP contribution in [-0.2, 0) is 15.7 Å². The Morgan fingerprint density at radius 2 is 1.90 bits per heavy atom. The van der Waals surface area contributed by atoms with Crippen LogP contribution in [0.3, 0.4) is 0 Å². The van der Waals surface area contributed by atoms with Gasteiger partial charge in [-0.25, -0.2) is 0 Å². The molecule has 1 atom stereocenters. The van der Waals surface area contributed by atoms with Crippen LogP contribution >= 0.6 is 11.6 Å². The first kappa shape index (κ1) is 23.3. The van der Waals surface area contributed by atoms with Crippen molar-refractivity contribution in [2.75, 3.05) is 51.3 Å². The van der Waals surface area contributed by atoms with E-state index in [0.717, 1.165) is 71.3 Å². The summed E-state index contributed by atoms with van der Waals surface area (Å²) in [5, 5.41) is 2.42. The molecule has 0 saturated carbocycles.